The maximum Gasteiger partial charge on any atom is 0.169 e. The van der Waals surface area contributed by atoms with E-state index < -0.39 is 5.79 Å². The maximum atomic E-state index is 13.7. The van der Waals surface area contributed by atoms with E-state index in [1.165, 1.54) is 6.07 Å². The highest BCUT2D eigenvalue weighted by atomic mass is 19.1. The molecule has 2 nitrogen and oxygen atoms in total. The van der Waals surface area contributed by atoms with Gasteiger partial charge in [0.05, 0.1) is 6.10 Å². The topological polar surface area (TPSA) is 18.5 Å². The van der Waals surface area contributed by atoms with Crippen molar-refractivity contribution in [1.82, 2.24) is 0 Å². The number of hydrogen-bond donors (Lipinski definition) is 0. The van der Waals surface area contributed by atoms with Crippen molar-refractivity contribution in [2.45, 2.75) is 43.7 Å². The van der Waals surface area contributed by atoms with Crippen molar-refractivity contribution < 1.29 is 13.9 Å². The van der Waals surface area contributed by atoms with Gasteiger partial charge in [-0.15, -0.1) is 0 Å². The van der Waals surface area contributed by atoms with Gasteiger partial charge in [0.1, 0.15) is 11.9 Å². The molecule has 0 bridgehead atoms. The molecule has 1 saturated heterocycles. The van der Waals surface area contributed by atoms with Crippen LogP contribution in [0.4, 0.5) is 4.39 Å². The van der Waals surface area contributed by atoms with Gasteiger partial charge in [0.2, 0.25) is 0 Å². The Morgan fingerprint density at radius 1 is 1.18 bits per heavy atom. The second-order valence-electron chi connectivity index (χ2n) is 4.83. The van der Waals surface area contributed by atoms with Crippen LogP contribution in [0.15, 0.2) is 24.3 Å². The summed E-state index contributed by atoms with van der Waals surface area (Å²) in [6, 6.07) is 6.69. The highest BCUT2D eigenvalue weighted by Gasteiger charge is 2.48. The molecule has 1 aromatic rings. The molecule has 3 heteroatoms. The lowest BCUT2D eigenvalue weighted by Crippen LogP contribution is -2.26. The van der Waals surface area contributed by atoms with E-state index in [9.17, 15) is 4.39 Å². The van der Waals surface area contributed by atoms with Gasteiger partial charge in [-0.1, -0.05) is 18.2 Å². The van der Waals surface area contributed by atoms with Crippen LogP contribution in [0, 0.1) is 12.7 Å². The number of benzene rings is 1. The quantitative estimate of drug-likeness (QED) is 0.742. The number of rotatable bonds is 1. The van der Waals surface area contributed by atoms with Gasteiger partial charge in [-0.2, -0.15) is 0 Å². The van der Waals surface area contributed by atoms with Gasteiger partial charge in [-0.25, -0.2) is 4.39 Å². The molecule has 2 aliphatic rings. The van der Waals surface area contributed by atoms with E-state index in [1.807, 2.05) is 6.07 Å². The molecule has 2 atom stereocenters. The third-order valence-electron chi connectivity index (χ3n) is 3.62. The molecule has 1 heterocycles. The molecule has 1 aliphatic heterocycles. The van der Waals surface area contributed by atoms with Crippen molar-refractivity contribution in [3.63, 3.8) is 0 Å². The summed E-state index contributed by atoms with van der Waals surface area (Å²) < 4.78 is 25.5. The van der Waals surface area contributed by atoms with Crippen LogP contribution in [0.1, 0.15) is 37.4 Å². The molecule has 0 amide bonds. The molecule has 1 spiro atoms. The van der Waals surface area contributed by atoms with Crippen LogP contribution >= 0.6 is 0 Å². The first-order chi connectivity index (χ1) is 8.20. The summed E-state index contributed by atoms with van der Waals surface area (Å²) in [6.45, 7) is 3.94. The fourth-order valence-corrected chi connectivity index (χ4v) is 2.79. The van der Waals surface area contributed by atoms with Crippen LogP contribution < -0.4 is 0 Å². The summed E-state index contributed by atoms with van der Waals surface area (Å²) in [5.74, 6) is -0.746. The number of hydrogen-bond acceptors (Lipinski definition) is 2. The number of halogens is 1. The van der Waals surface area contributed by atoms with Gasteiger partial charge in [-0.3, -0.25) is 0 Å². The summed E-state index contributed by atoms with van der Waals surface area (Å²) in [6.07, 6.45) is 3.29. The van der Waals surface area contributed by atoms with Gasteiger partial charge in [0.25, 0.3) is 0 Å². The smallest absolute Gasteiger partial charge is 0.169 e. The SMILES string of the molecule is [CH2]C1OC2(CCCC2)OC1c1ccccc1F. The Labute approximate surface area is 101 Å². The lowest BCUT2D eigenvalue weighted by atomic mass is 10.1. The maximum absolute atomic E-state index is 13.7. The fourth-order valence-electron chi connectivity index (χ4n) is 2.79. The summed E-state index contributed by atoms with van der Waals surface area (Å²) in [4.78, 5) is 0. The Hall–Kier alpha value is -0.930. The van der Waals surface area contributed by atoms with Crippen molar-refractivity contribution in [3.8, 4) is 0 Å². The standard InChI is InChI=1S/C14H16FO2/c1-10-13(11-6-2-3-7-12(11)15)17-14(16-10)8-4-5-9-14/h2-3,6-7,10,13H,1,4-5,8-9H2. The van der Waals surface area contributed by atoms with Crippen LogP contribution in [0.5, 0.6) is 0 Å². The van der Waals surface area contributed by atoms with Gasteiger partial charge in [0.15, 0.2) is 5.79 Å². The summed E-state index contributed by atoms with van der Waals surface area (Å²) in [7, 11) is 0. The van der Waals surface area contributed by atoms with Gasteiger partial charge in [0, 0.05) is 18.4 Å². The number of ether oxygens (including phenoxy) is 2. The van der Waals surface area contributed by atoms with E-state index >= 15 is 0 Å². The van der Waals surface area contributed by atoms with Crippen molar-refractivity contribution in [3.05, 3.63) is 42.6 Å². The second-order valence-corrected chi connectivity index (χ2v) is 4.83. The Morgan fingerprint density at radius 3 is 2.59 bits per heavy atom. The Kier molecular flexibility index (Phi) is 2.68. The van der Waals surface area contributed by atoms with E-state index in [0.717, 1.165) is 25.7 Å². The molecule has 0 N–H and O–H groups in total. The molecule has 1 radical (unpaired) electrons. The average molecular weight is 235 g/mol. The largest absolute Gasteiger partial charge is 0.344 e. The first-order valence-electron chi connectivity index (χ1n) is 6.13. The molecule has 91 valence electrons. The van der Waals surface area contributed by atoms with E-state index in [0.29, 0.717) is 5.56 Å². The highest BCUT2D eigenvalue weighted by molar-refractivity contribution is 5.22. The minimum Gasteiger partial charge on any atom is -0.344 e. The van der Waals surface area contributed by atoms with E-state index in [1.54, 1.807) is 12.1 Å². The molecule has 17 heavy (non-hydrogen) atoms. The Bertz CT molecular complexity index is 412. The first-order valence-corrected chi connectivity index (χ1v) is 6.13. The molecule has 1 saturated carbocycles. The zero-order valence-electron chi connectivity index (χ0n) is 9.69. The lowest BCUT2D eigenvalue weighted by Gasteiger charge is -2.22. The van der Waals surface area contributed by atoms with Crippen LogP contribution in [-0.4, -0.2) is 11.9 Å². The van der Waals surface area contributed by atoms with E-state index in [2.05, 4.69) is 6.92 Å². The Balaban J connectivity index is 1.87. The molecule has 2 unspecified atom stereocenters. The molecular weight excluding hydrogens is 219 g/mol. The van der Waals surface area contributed by atoms with E-state index in [4.69, 9.17) is 9.47 Å². The fraction of sp³-hybridized carbons (Fsp3) is 0.500. The normalized spacial score (nSPS) is 31.2. The monoisotopic (exact) mass is 235 g/mol. The van der Waals surface area contributed by atoms with Crippen molar-refractivity contribution in [2.24, 2.45) is 0 Å². The van der Waals surface area contributed by atoms with Gasteiger partial charge < -0.3 is 9.47 Å². The summed E-state index contributed by atoms with van der Waals surface area (Å²) in [5.41, 5.74) is 0.552. The molecule has 0 aromatic heterocycles. The molecule has 3 rings (SSSR count). The highest BCUT2D eigenvalue weighted by Crippen LogP contribution is 2.47. The van der Waals surface area contributed by atoms with Crippen LogP contribution in [-0.2, 0) is 9.47 Å². The van der Waals surface area contributed by atoms with Crippen molar-refractivity contribution in [2.75, 3.05) is 0 Å². The minimum absolute atomic E-state index is 0.246. The molecule has 2 fully saturated rings. The van der Waals surface area contributed by atoms with Gasteiger partial charge in [-0.05, 0) is 25.8 Å². The predicted octanol–water partition coefficient (Wildman–Crippen LogP) is 3.39. The zero-order valence-corrected chi connectivity index (χ0v) is 9.69. The van der Waals surface area contributed by atoms with E-state index in [-0.39, 0.29) is 18.0 Å². The summed E-state index contributed by atoms with van der Waals surface area (Å²) >= 11 is 0. The predicted molar refractivity (Wildman–Crippen MR) is 61.7 cm³/mol. The van der Waals surface area contributed by atoms with Gasteiger partial charge >= 0.3 is 0 Å². The third kappa shape index (κ3) is 1.87. The third-order valence-corrected chi connectivity index (χ3v) is 3.62. The van der Waals surface area contributed by atoms with Crippen molar-refractivity contribution >= 4 is 0 Å². The molecular formula is C14H16FO2. The van der Waals surface area contributed by atoms with Crippen molar-refractivity contribution in [1.29, 1.82) is 0 Å². The Morgan fingerprint density at radius 2 is 1.88 bits per heavy atom. The second kappa shape index (κ2) is 4.07. The molecule has 1 aromatic carbocycles. The average Bonchev–Trinajstić information content (AvgIpc) is 2.88. The van der Waals surface area contributed by atoms with Crippen LogP contribution in [0.2, 0.25) is 0 Å². The van der Waals surface area contributed by atoms with Crippen LogP contribution in [0.25, 0.3) is 0 Å². The summed E-state index contributed by atoms with van der Waals surface area (Å²) in [5, 5.41) is 0. The molecule has 1 aliphatic carbocycles. The lowest BCUT2D eigenvalue weighted by molar-refractivity contribution is -0.167. The van der Waals surface area contributed by atoms with Crippen LogP contribution in [0.3, 0.4) is 0 Å². The first kappa shape index (κ1) is 11.2. The minimum atomic E-state index is -0.501. The zero-order chi connectivity index (χ0) is 11.9.